The summed E-state index contributed by atoms with van der Waals surface area (Å²) in [7, 11) is 0. The summed E-state index contributed by atoms with van der Waals surface area (Å²) in [5.41, 5.74) is 0.691. The predicted molar refractivity (Wildman–Crippen MR) is 84.1 cm³/mol. The second-order valence-corrected chi connectivity index (χ2v) is 5.26. The van der Waals surface area contributed by atoms with Gasteiger partial charge in [0.2, 0.25) is 0 Å². The first-order valence-corrected chi connectivity index (χ1v) is 7.85. The van der Waals surface area contributed by atoms with Gasteiger partial charge in [0.05, 0.1) is 0 Å². The van der Waals surface area contributed by atoms with Crippen molar-refractivity contribution in [3.8, 4) is 0 Å². The van der Waals surface area contributed by atoms with E-state index in [1.165, 1.54) is 0 Å². The molecule has 0 aliphatic carbocycles. The average molecular weight is 279 g/mol. The Kier molecular flexibility index (Phi) is 6.93. The molecule has 4 heteroatoms. The highest BCUT2D eigenvalue weighted by Gasteiger charge is 2.29. The van der Waals surface area contributed by atoms with Crippen molar-refractivity contribution in [1.82, 2.24) is 9.97 Å². The zero-order valence-electron chi connectivity index (χ0n) is 13.6. The molecule has 0 saturated carbocycles. The largest absolute Gasteiger partial charge is 0.370 e. The van der Waals surface area contributed by atoms with Crippen LogP contribution in [-0.4, -0.2) is 23.1 Å². The van der Waals surface area contributed by atoms with Crippen molar-refractivity contribution in [2.24, 2.45) is 0 Å². The first-order valence-electron chi connectivity index (χ1n) is 7.85. The number of hydrogen-bond acceptors (Lipinski definition) is 4. The Morgan fingerprint density at radius 2 is 1.90 bits per heavy atom. The lowest BCUT2D eigenvalue weighted by molar-refractivity contribution is -0.0390. The minimum atomic E-state index is -0.402. The Balaban J connectivity index is 3.12. The summed E-state index contributed by atoms with van der Waals surface area (Å²) in [6.45, 7) is 12.1. The van der Waals surface area contributed by atoms with E-state index in [0.717, 1.165) is 49.6 Å². The fraction of sp³-hybridized carbons (Fsp3) is 0.750. The first kappa shape index (κ1) is 16.9. The van der Waals surface area contributed by atoms with Crippen molar-refractivity contribution in [2.75, 3.05) is 18.5 Å². The SMILES string of the molecule is CCCNc1cc(CCC)nc(C(C)(CC)OCC)n1. The molecule has 0 bridgehead atoms. The highest BCUT2D eigenvalue weighted by atomic mass is 16.5. The van der Waals surface area contributed by atoms with Crippen LogP contribution in [0.5, 0.6) is 0 Å². The van der Waals surface area contributed by atoms with Gasteiger partial charge in [-0.05, 0) is 33.1 Å². The topological polar surface area (TPSA) is 47.0 Å². The van der Waals surface area contributed by atoms with Gasteiger partial charge < -0.3 is 10.1 Å². The molecule has 0 radical (unpaired) electrons. The molecule has 1 aromatic heterocycles. The summed E-state index contributed by atoms with van der Waals surface area (Å²) in [5.74, 6) is 1.71. The predicted octanol–water partition coefficient (Wildman–Crippen LogP) is 3.91. The van der Waals surface area contributed by atoms with E-state index < -0.39 is 5.60 Å². The molecule has 0 aliphatic heterocycles. The Morgan fingerprint density at radius 1 is 1.15 bits per heavy atom. The molecule has 4 nitrogen and oxygen atoms in total. The number of hydrogen-bond donors (Lipinski definition) is 1. The van der Waals surface area contributed by atoms with Gasteiger partial charge in [0.1, 0.15) is 11.4 Å². The van der Waals surface area contributed by atoms with E-state index in [-0.39, 0.29) is 0 Å². The Hall–Kier alpha value is -1.16. The number of anilines is 1. The number of aryl methyl sites for hydroxylation is 1. The number of nitrogens with zero attached hydrogens (tertiary/aromatic N) is 2. The van der Waals surface area contributed by atoms with E-state index >= 15 is 0 Å². The van der Waals surface area contributed by atoms with Gasteiger partial charge in [0, 0.05) is 24.9 Å². The van der Waals surface area contributed by atoms with Gasteiger partial charge in [-0.1, -0.05) is 27.2 Å². The molecular weight excluding hydrogens is 250 g/mol. The summed E-state index contributed by atoms with van der Waals surface area (Å²) >= 11 is 0. The lowest BCUT2D eigenvalue weighted by atomic mass is 10.0. The zero-order chi connectivity index (χ0) is 15.0. The Morgan fingerprint density at radius 3 is 2.45 bits per heavy atom. The van der Waals surface area contributed by atoms with Gasteiger partial charge in [-0.15, -0.1) is 0 Å². The van der Waals surface area contributed by atoms with Crippen LogP contribution in [0, 0.1) is 0 Å². The molecule has 0 saturated heterocycles. The molecule has 1 unspecified atom stereocenters. The van der Waals surface area contributed by atoms with E-state index in [9.17, 15) is 0 Å². The fourth-order valence-corrected chi connectivity index (χ4v) is 2.11. The third kappa shape index (κ3) is 4.44. The molecule has 0 aromatic carbocycles. The highest BCUT2D eigenvalue weighted by Crippen LogP contribution is 2.27. The van der Waals surface area contributed by atoms with Crippen molar-refractivity contribution in [1.29, 1.82) is 0 Å². The van der Waals surface area contributed by atoms with Gasteiger partial charge in [-0.25, -0.2) is 9.97 Å². The number of ether oxygens (including phenoxy) is 1. The summed E-state index contributed by atoms with van der Waals surface area (Å²) in [6, 6.07) is 2.06. The van der Waals surface area contributed by atoms with Gasteiger partial charge in [-0.3, -0.25) is 0 Å². The summed E-state index contributed by atoms with van der Waals surface area (Å²) in [6.07, 6.45) is 4.01. The molecule has 0 spiro atoms. The summed E-state index contributed by atoms with van der Waals surface area (Å²) in [5, 5.41) is 3.37. The zero-order valence-corrected chi connectivity index (χ0v) is 13.6. The molecule has 1 rings (SSSR count). The Bertz CT molecular complexity index is 409. The van der Waals surface area contributed by atoms with Crippen molar-refractivity contribution < 1.29 is 4.74 Å². The number of aromatic nitrogens is 2. The van der Waals surface area contributed by atoms with Crippen LogP contribution in [0.1, 0.15) is 65.4 Å². The maximum atomic E-state index is 5.90. The molecule has 0 amide bonds. The van der Waals surface area contributed by atoms with Crippen molar-refractivity contribution in [3.05, 3.63) is 17.6 Å². The third-order valence-corrected chi connectivity index (χ3v) is 3.45. The van der Waals surface area contributed by atoms with Crippen LogP contribution in [0.25, 0.3) is 0 Å². The van der Waals surface area contributed by atoms with Crippen LogP contribution in [0.3, 0.4) is 0 Å². The van der Waals surface area contributed by atoms with E-state index in [2.05, 4.69) is 44.1 Å². The molecule has 114 valence electrons. The number of rotatable bonds is 9. The van der Waals surface area contributed by atoms with Gasteiger partial charge in [0.15, 0.2) is 5.82 Å². The van der Waals surface area contributed by atoms with Crippen LogP contribution in [0.15, 0.2) is 6.07 Å². The highest BCUT2D eigenvalue weighted by molar-refractivity contribution is 5.37. The van der Waals surface area contributed by atoms with Gasteiger partial charge in [-0.2, -0.15) is 0 Å². The lowest BCUT2D eigenvalue weighted by Gasteiger charge is -2.27. The maximum Gasteiger partial charge on any atom is 0.162 e. The quantitative estimate of drug-likeness (QED) is 0.744. The molecule has 0 fully saturated rings. The van der Waals surface area contributed by atoms with E-state index in [1.807, 2.05) is 6.92 Å². The first-order chi connectivity index (χ1) is 9.59. The number of nitrogens with one attached hydrogen (secondary N) is 1. The van der Waals surface area contributed by atoms with E-state index in [1.54, 1.807) is 0 Å². The minimum Gasteiger partial charge on any atom is -0.370 e. The lowest BCUT2D eigenvalue weighted by Crippen LogP contribution is -2.28. The second kappa shape index (κ2) is 8.20. The molecular formula is C16H29N3O. The molecule has 0 aliphatic rings. The standard InChI is InChI=1S/C16H29N3O/c1-6-10-13-12-14(17-11-7-2)19-15(18-13)16(5,8-3)20-9-4/h12H,6-11H2,1-5H3,(H,17,18,19). The maximum absolute atomic E-state index is 5.90. The molecule has 1 aromatic rings. The molecule has 1 N–H and O–H groups in total. The molecule has 1 atom stereocenters. The Labute approximate surface area is 123 Å². The average Bonchev–Trinajstić information content (AvgIpc) is 2.45. The van der Waals surface area contributed by atoms with Crippen molar-refractivity contribution in [2.45, 2.75) is 65.9 Å². The molecule has 1 heterocycles. The smallest absolute Gasteiger partial charge is 0.162 e. The van der Waals surface area contributed by atoms with Crippen LogP contribution in [-0.2, 0) is 16.8 Å². The minimum absolute atomic E-state index is 0.402. The van der Waals surface area contributed by atoms with Crippen LogP contribution >= 0.6 is 0 Å². The van der Waals surface area contributed by atoms with Crippen LogP contribution in [0.2, 0.25) is 0 Å². The molecule has 20 heavy (non-hydrogen) atoms. The van der Waals surface area contributed by atoms with Crippen LogP contribution in [0.4, 0.5) is 5.82 Å². The second-order valence-electron chi connectivity index (χ2n) is 5.26. The summed E-state index contributed by atoms with van der Waals surface area (Å²) in [4.78, 5) is 9.38. The van der Waals surface area contributed by atoms with E-state index in [0.29, 0.717) is 6.61 Å². The van der Waals surface area contributed by atoms with Gasteiger partial charge in [0.25, 0.3) is 0 Å². The monoisotopic (exact) mass is 279 g/mol. The normalized spacial score (nSPS) is 14.1. The summed E-state index contributed by atoms with van der Waals surface area (Å²) < 4.78 is 5.90. The van der Waals surface area contributed by atoms with Crippen molar-refractivity contribution in [3.63, 3.8) is 0 Å². The van der Waals surface area contributed by atoms with E-state index in [4.69, 9.17) is 9.72 Å². The van der Waals surface area contributed by atoms with Crippen LogP contribution < -0.4 is 5.32 Å². The van der Waals surface area contributed by atoms with Gasteiger partial charge >= 0.3 is 0 Å². The fourth-order valence-electron chi connectivity index (χ4n) is 2.11. The van der Waals surface area contributed by atoms with Crippen molar-refractivity contribution >= 4 is 5.82 Å². The third-order valence-electron chi connectivity index (χ3n) is 3.45.